The van der Waals surface area contributed by atoms with E-state index < -0.39 is 0 Å². The van der Waals surface area contributed by atoms with Gasteiger partial charge in [0.25, 0.3) is 0 Å². The second-order valence-corrected chi connectivity index (χ2v) is 6.31. The van der Waals surface area contributed by atoms with Crippen molar-refractivity contribution in [2.75, 3.05) is 13.2 Å². The molecule has 4 nitrogen and oxygen atoms in total. The number of benzene rings is 1. The van der Waals surface area contributed by atoms with E-state index >= 15 is 0 Å². The van der Waals surface area contributed by atoms with E-state index in [0.717, 1.165) is 19.6 Å². The molecule has 0 saturated carbocycles. The Balaban J connectivity index is 1.88. The second-order valence-electron chi connectivity index (χ2n) is 6.31. The first-order chi connectivity index (χ1) is 10.1. The van der Waals surface area contributed by atoms with Crippen LogP contribution in [0, 0.1) is 12.8 Å². The fourth-order valence-electron chi connectivity index (χ4n) is 3.43. The Hall–Kier alpha value is -1.39. The van der Waals surface area contributed by atoms with Gasteiger partial charge in [-0.25, -0.2) is 0 Å². The third-order valence-electron chi connectivity index (χ3n) is 4.75. The van der Waals surface area contributed by atoms with Crippen molar-refractivity contribution in [3.63, 3.8) is 0 Å². The standard InChI is InChI=1S/C17H24N2O2/c1-11-5-4-6-14(9-11)16-18-12(2)17(20)19(16)13(3)15-7-8-21-10-15/h4-6,9,12-13,15-16,18H,7-8,10H2,1-3H3. The predicted molar refractivity (Wildman–Crippen MR) is 81.8 cm³/mol. The van der Waals surface area contributed by atoms with Crippen molar-refractivity contribution < 1.29 is 9.53 Å². The maximum absolute atomic E-state index is 12.6. The van der Waals surface area contributed by atoms with Crippen LogP contribution in [0.15, 0.2) is 24.3 Å². The summed E-state index contributed by atoms with van der Waals surface area (Å²) in [4.78, 5) is 14.6. The van der Waals surface area contributed by atoms with Crippen LogP contribution in [0.5, 0.6) is 0 Å². The number of hydrogen-bond donors (Lipinski definition) is 1. The smallest absolute Gasteiger partial charge is 0.241 e. The van der Waals surface area contributed by atoms with Crippen molar-refractivity contribution in [2.24, 2.45) is 5.92 Å². The molecule has 4 unspecified atom stereocenters. The number of nitrogens with zero attached hydrogens (tertiary/aromatic N) is 1. The average molecular weight is 288 g/mol. The Morgan fingerprint density at radius 3 is 2.90 bits per heavy atom. The monoisotopic (exact) mass is 288 g/mol. The van der Waals surface area contributed by atoms with Crippen molar-refractivity contribution >= 4 is 5.91 Å². The molecule has 1 aromatic rings. The summed E-state index contributed by atoms with van der Waals surface area (Å²) in [5, 5.41) is 3.44. The molecule has 4 atom stereocenters. The van der Waals surface area contributed by atoms with E-state index in [1.807, 2.05) is 11.8 Å². The van der Waals surface area contributed by atoms with Crippen molar-refractivity contribution in [3.05, 3.63) is 35.4 Å². The van der Waals surface area contributed by atoms with Crippen molar-refractivity contribution in [1.82, 2.24) is 10.2 Å². The summed E-state index contributed by atoms with van der Waals surface area (Å²) in [5.74, 6) is 0.634. The molecule has 2 aliphatic heterocycles. The molecule has 2 fully saturated rings. The highest BCUT2D eigenvalue weighted by atomic mass is 16.5. The first-order valence-corrected chi connectivity index (χ1v) is 7.80. The Bertz CT molecular complexity index is 525. The van der Waals surface area contributed by atoms with E-state index in [9.17, 15) is 4.79 Å². The van der Waals surface area contributed by atoms with Crippen molar-refractivity contribution in [2.45, 2.75) is 45.4 Å². The van der Waals surface area contributed by atoms with Gasteiger partial charge in [-0.15, -0.1) is 0 Å². The molecule has 2 saturated heterocycles. The lowest BCUT2D eigenvalue weighted by Gasteiger charge is -2.34. The molecule has 0 aliphatic carbocycles. The Kier molecular flexibility index (Phi) is 4.00. The minimum absolute atomic E-state index is 0.0250. The predicted octanol–water partition coefficient (Wildman–Crippen LogP) is 2.24. The van der Waals surface area contributed by atoms with Crippen LogP contribution in [0.4, 0.5) is 0 Å². The topological polar surface area (TPSA) is 41.6 Å². The number of rotatable bonds is 3. The maximum atomic E-state index is 12.6. The van der Waals surface area contributed by atoms with Crippen LogP contribution in [0.1, 0.15) is 37.6 Å². The Labute approximate surface area is 126 Å². The Morgan fingerprint density at radius 1 is 1.43 bits per heavy atom. The molecule has 2 heterocycles. The van der Waals surface area contributed by atoms with Gasteiger partial charge in [-0.3, -0.25) is 10.1 Å². The molecule has 0 spiro atoms. The van der Waals surface area contributed by atoms with Crippen LogP contribution in [0.2, 0.25) is 0 Å². The summed E-state index contributed by atoms with van der Waals surface area (Å²) >= 11 is 0. The van der Waals surface area contributed by atoms with E-state index in [-0.39, 0.29) is 24.2 Å². The molecule has 2 aliphatic rings. The van der Waals surface area contributed by atoms with E-state index in [1.54, 1.807) is 0 Å². The third-order valence-corrected chi connectivity index (χ3v) is 4.75. The highest BCUT2D eigenvalue weighted by Crippen LogP contribution is 2.32. The zero-order valence-corrected chi connectivity index (χ0v) is 13.0. The van der Waals surface area contributed by atoms with Gasteiger partial charge >= 0.3 is 0 Å². The number of aryl methyl sites for hydroxylation is 1. The quantitative estimate of drug-likeness (QED) is 0.927. The van der Waals surface area contributed by atoms with Gasteiger partial charge in [0.1, 0.15) is 6.17 Å². The molecule has 1 amide bonds. The molecular weight excluding hydrogens is 264 g/mol. The maximum Gasteiger partial charge on any atom is 0.241 e. The molecular formula is C17H24N2O2. The van der Waals surface area contributed by atoms with Gasteiger partial charge in [0.2, 0.25) is 5.91 Å². The summed E-state index contributed by atoms with van der Waals surface area (Å²) in [6.07, 6.45) is 1.02. The number of ether oxygens (including phenoxy) is 1. The highest BCUT2D eigenvalue weighted by molar-refractivity contribution is 5.84. The second kappa shape index (κ2) is 5.78. The lowest BCUT2D eigenvalue weighted by atomic mass is 9.97. The average Bonchev–Trinajstić information content (AvgIpc) is 3.08. The van der Waals surface area contributed by atoms with Gasteiger partial charge < -0.3 is 9.64 Å². The van der Waals surface area contributed by atoms with Gasteiger partial charge in [-0.05, 0) is 32.8 Å². The molecule has 21 heavy (non-hydrogen) atoms. The minimum Gasteiger partial charge on any atom is -0.381 e. The molecule has 1 N–H and O–H groups in total. The summed E-state index contributed by atoms with van der Waals surface area (Å²) in [5.41, 5.74) is 2.39. The number of nitrogens with one attached hydrogen (secondary N) is 1. The molecule has 1 aromatic carbocycles. The van der Waals surface area contributed by atoms with Crippen LogP contribution < -0.4 is 5.32 Å². The van der Waals surface area contributed by atoms with Crippen LogP contribution in [-0.4, -0.2) is 36.1 Å². The minimum atomic E-state index is -0.125. The van der Waals surface area contributed by atoms with Gasteiger partial charge in [0.05, 0.1) is 12.6 Å². The molecule has 3 rings (SSSR count). The van der Waals surface area contributed by atoms with Crippen molar-refractivity contribution in [1.29, 1.82) is 0 Å². The van der Waals surface area contributed by atoms with Gasteiger partial charge in [-0.1, -0.05) is 29.8 Å². The van der Waals surface area contributed by atoms with E-state index in [2.05, 4.69) is 43.4 Å². The lowest BCUT2D eigenvalue weighted by Crippen LogP contribution is -2.42. The highest BCUT2D eigenvalue weighted by Gasteiger charge is 2.42. The molecule has 0 radical (unpaired) electrons. The zero-order chi connectivity index (χ0) is 15.0. The van der Waals surface area contributed by atoms with Gasteiger partial charge in [0.15, 0.2) is 0 Å². The van der Waals surface area contributed by atoms with Crippen LogP contribution in [0.3, 0.4) is 0 Å². The summed E-state index contributed by atoms with van der Waals surface area (Å²) in [7, 11) is 0. The number of carbonyl (C=O) groups is 1. The van der Waals surface area contributed by atoms with E-state index in [1.165, 1.54) is 11.1 Å². The number of carbonyl (C=O) groups excluding carboxylic acids is 1. The van der Waals surface area contributed by atoms with Gasteiger partial charge in [-0.2, -0.15) is 0 Å². The fraction of sp³-hybridized carbons (Fsp3) is 0.588. The summed E-state index contributed by atoms with van der Waals surface area (Å²) < 4.78 is 5.50. The third kappa shape index (κ3) is 2.70. The number of amides is 1. The number of hydrogen-bond acceptors (Lipinski definition) is 3. The van der Waals surface area contributed by atoms with Gasteiger partial charge in [0, 0.05) is 18.6 Å². The SMILES string of the molecule is Cc1cccc(C2NC(C)C(=O)N2C(C)C2CCOC2)c1. The van der Waals surface area contributed by atoms with E-state index in [0.29, 0.717) is 5.92 Å². The van der Waals surface area contributed by atoms with Crippen molar-refractivity contribution in [3.8, 4) is 0 Å². The summed E-state index contributed by atoms with van der Waals surface area (Å²) in [6, 6.07) is 8.47. The first-order valence-electron chi connectivity index (χ1n) is 7.80. The molecule has 114 valence electrons. The van der Waals surface area contributed by atoms with E-state index in [4.69, 9.17) is 4.74 Å². The normalized spacial score (nSPS) is 30.9. The molecule has 4 heteroatoms. The fourth-order valence-corrected chi connectivity index (χ4v) is 3.43. The first kappa shape index (κ1) is 14.5. The van der Waals surface area contributed by atoms with Crippen LogP contribution in [0.25, 0.3) is 0 Å². The largest absolute Gasteiger partial charge is 0.381 e. The molecule has 0 aromatic heterocycles. The molecule has 0 bridgehead atoms. The summed E-state index contributed by atoms with van der Waals surface area (Å²) in [6.45, 7) is 7.76. The zero-order valence-electron chi connectivity index (χ0n) is 13.0. The van der Waals surface area contributed by atoms with Crippen LogP contribution in [-0.2, 0) is 9.53 Å². The Morgan fingerprint density at radius 2 is 2.24 bits per heavy atom. The van der Waals surface area contributed by atoms with Crippen LogP contribution >= 0.6 is 0 Å². The lowest BCUT2D eigenvalue weighted by molar-refractivity contribution is -0.132.